The van der Waals surface area contributed by atoms with Crippen molar-refractivity contribution in [3.05, 3.63) is 59.1 Å². The number of carbonyl (C=O) groups excluding carboxylic acids is 4. The Morgan fingerprint density at radius 1 is 1.06 bits per heavy atom. The molecular weight excluding hydrogens is 480 g/mol. The van der Waals surface area contributed by atoms with Crippen molar-refractivity contribution in [2.75, 3.05) is 11.4 Å². The van der Waals surface area contributed by atoms with Crippen molar-refractivity contribution in [1.29, 1.82) is 0 Å². The average molecular weight is 511 g/mol. The summed E-state index contributed by atoms with van der Waals surface area (Å²) in [6.45, 7) is 9.83. The summed E-state index contributed by atoms with van der Waals surface area (Å²) in [5.41, 5.74) is 0.897. The summed E-state index contributed by atoms with van der Waals surface area (Å²) in [6, 6.07) is 12.7. The molecule has 0 spiro atoms. The maximum Gasteiger partial charge on any atom is 0.308 e. The van der Waals surface area contributed by atoms with E-state index in [1.807, 2.05) is 18.2 Å². The summed E-state index contributed by atoms with van der Waals surface area (Å²) >= 11 is 6.14. The molecule has 2 aliphatic rings. The largest absolute Gasteiger partial charge is 0.427 e. The lowest BCUT2D eigenvalue weighted by Gasteiger charge is -2.29. The quantitative estimate of drug-likeness (QED) is 0.307. The minimum absolute atomic E-state index is 0.0839. The van der Waals surface area contributed by atoms with Crippen LogP contribution in [0.2, 0.25) is 5.02 Å². The third-order valence-corrected chi connectivity index (χ3v) is 8.17. The molecule has 36 heavy (non-hydrogen) atoms. The average Bonchev–Trinajstić information content (AvgIpc) is 3.02. The van der Waals surface area contributed by atoms with E-state index < -0.39 is 17.9 Å². The molecule has 1 aliphatic heterocycles. The number of nitrogens with zero attached hydrogens (tertiary/aromatic N) is 2. The molecule has 7 nitrogen and oxygen atoms in total. The fourth-order valence-electron chi connectivity index (χ4n) is 5.30. The van der Waals surface area contributed by atoms with Crippen molar-refractivity contribution in [3.63, 3.8) is 0 Å². The summed E-state index contributed by atoms with van der Waals surface area (Å²) in [5.74, 6) is -1.31. The Balaban J connectivity index is 1.60. The van der Waals surface area contributed by atoms with Crippen LogP contribution in [0.15, 0.2) is 48.5 Å². The molecule has 1 atom stereocenters. The normalized spacial score (nSPS) is 20.4. The van der Waals surface area contributed by atoms with Crippen LogP contribution < -0.4 is 9.64 Å². The molecule has 0 N–H and O–H groups in total. The summed E-state index contributed by atoms with van der Waals surface area (Å²) in [7, 11) is 0. The van der Waals surface area contributed by atoms with Gasteiger partial charge in [0.05, 0.1) is 12.1 Å². The van der Waals surface area contributed by atoms with E-state index in [1.54, 1.807) is 23.1 Å². The van der Waals surface area contributed by atoms with Gasteiger partial charge in [-0.2, -0.15) is 0 Å². The molecule has 0 bridgehead atoms. The van der Waals surface area contributed by atoms with Crippen LogP contribution in [0.25, 0.3) is 0 Å². The summed E-state index contributed by atoms with van der Waals surface area (Å²) < 4.78 is 5.04. The van der Waals surface area contributed by atoms with Gasteiger partial charge in [0, 0.05) is 24.4 Å². The fraction of sp³-hybridized carbons (Fsp3) is 0.429. The van der Waals surface area contributed by atoms with Gasteiger partial charge >= 0.3 is 5.97 Å². The van der Waals surface area contributed by atoms with Gasteiger partial charge in [0.15, 0.2) is 0 Å². The zero-order valence-corrected chi connectivity index (χ0v) is 22.0. The number of rotatable bonds is 7. The van der Waals surface area contributed by atoms with Gasteiger partial charge in [-0.05, 0) is 59.2 Å². The van der Waals surface area contributed by atoms with Crippen molar-refractivity contribution < 1.29 is 23.9 Å². The Labute approximate surface area is 216 Å². The van der Waals surface area contributed by atoms with Crippen LogP contribution in [-0.2, 0) is 25.6 Å². The van der Waals surface area contributed by atoms with Crippen LogP contribution >= 0.6 is 11.6 Å². The number of hydrogen-bond donors (Lipinski definition) is 0. The molecule has 1 saturated heterocycles. The van der Waals surface area contributed by atoms with E-state index in [-0.39, 0.29) is 35.0 Å². The van der Waals surface area contributed by atoms with E-state index in [2.05, 4.69) is 27.7 Å². The highest BCUT2D eigenvalue weighted by molar-refractivity contribution is 6.30. The van der Waals surface area contributed by atoms with Crippen LogP contribution in [0.4, 0.5) is 5.69 Å². The lowest BCUT2D eigenvalue weighted by molar-refractivity contribution is -0.140. The Hall–Kier alpha value is -3.19. The number of hydrogen-bond acceptors (Lipinski definition) is 5. The predicted molar refractivity (Wildman–Crippen MR) is 137 cm³/mol. The van der Waals surface area contributed by atoms with Crippen molar-refractivity contribution in [1.82, 2.24) is 4.90 Å². The highest BCUT2D eigenvalue weighted by atomic mass is 35.5. The topological polar surface area (TPSA) is 84.0 Å². The van der Waals surface area contributed by atoms with Crippen LogP contribution in [-0.4, -0.2) is 41.2 Å². The first-order chi connectivity index (χ1) is 16.8. The molecule has 8 heteroatoms. The van der Waals surface area contributed by atoms with Gasteiger partial charge in [0.25, 0.3) is 5.91 Å². The maximum atomic E-state index is 13.8. The van der Waals surface area contributed by atoms with Crippen LogP contribution in [0.5, 0.6) is 5.75 Å². The number of benzene rings is 2. The van der Waals surface area contributed by atoms with E-state index in [1.165, 1.54) is 19.1 Å². The van der Waals surface area contributed by atoms with E-state index in [4.69, 9.17) is 16.3 Å². The first kappa shape index (κ1) is 25.9. The molecule has 190 valence electrons. The number of imide groups is 1. The Morgan fingerprint density at radius 3 is 2.25 bits per heavy atom. The number of anilines is 1. The van der Waals surface area contributed by atoms with Crippen molar-refractivity contribution in [2.45, 2.75) is 53.5 Å². The molecule has 0 aromatic heterocycles. The number of ether oxygens (including phenoxy) is 1. The van der Waals surface area contributed by atoms with Gasteiger partial charge in [0.1, 0.15) is 11.8 Å². The second-order valence-corrected chi connectivity index (χ2v) is 11.1. The van der Waals surface area contributed by atoms with E-state index >= 15 is 0 Å². The molecule has 1 heterocycles. The van der Waals surface area contributed by atoms with Gasteiger partial charge in [-0.25, -0.2) is 4.90 Å². The first-order valence-electron chi connectivity index (χ1n) is 12.0. The minimum Gasteiger partial charge on any atom is -0.427 e. The smallest absolute Gasteiger partial charge is 0.308 e. The lowest BCUT2D eigenvalue weighted by Crippen LogP contribution is -2.47. The molecule has 0 radical (unpaired) electrons. The first-order valence-corrected chi connectivity index (χ1v) is 12.4. The SMILES string of the molecule is CC(=O)Oc1ccc(N2C(=O)CC(N(CCc3cccc(Cl)c3)C(=O)C3C(C)(C)C3(C)C)C2=O)cc1. The molecule has 1 saturated carbocycles. The molecular formula is C28H31ClN2O5. The Kier molecular flexibility index (Phi) is 6.73. The summed E-state index contributed by atoms with van der Waals surface area (Å²) in [6.07, 6.45) is 0.425. The number of esters is 1. The molecule has 4 rings (SSSR count). The highest BCUT2D eigenvalue weighted by Crippen LogP contribution is 2.69. The van der Waals surface area contributed by atoms with E-state index in [0.29, 0.717) is 29.4 Å². The third kappa shape index (κ3) is 4.64. The van der Waals surface area contributed by atoms with E-state index in [9.17, 15) is 19.2 Å². The Bertz CT molecular complexity index is 1210. The second-order valence-electron chi connectivity index (χ2n) is 10.7. The molecule has 2 aromatic carbocycles. The van der Waals surface area contributed by atoms with Crippen molar-refractivity contribution >= 4 is 41.0 Å². The standard InChI is InChI=1S/C28H31ClN2O5/c1-17(32)36-21-11-9-20(10-12-21)31-23(33)16-22(25(31)34)30(14-13-18-7-6-8-19(29)15-18)26(35)24-27(2,3)28(24,4)5/h6-12,15,22,24H,13-14,16H2,1-5H3. The third-order valence-electron chi connectivity index (χ3n) is 7.94. The summed E-state index contributed by atoms with van der Waals surface area (Å²) in [5, 5.41) is 0.602. The van der Waals surface area contributed by atoms with Crippen molar-refractivity contribution in [3.8, 4) is 5.75 Å². The van der Waals surface area contributed by atoms with Gasteiger partial charge in [-0.3, -0.25) is 19.2 Å². The predicted octanol–water partition coefficient (Wildman–Crippen LogP) is 4.65. The number of amides is 3. The lowest BCUT2D eigenvalue weighted by atomic mass is 10.0. The zero-order chi connectivity index (χ0) is 26.4. The van der Waals surface area contributed by atoms with Crippen LogP contribution in [0.1, 0.15) is 46.6 Å². The summed E-state index contributed by atoms with van der Waals surface area (Å²) in [4.78, 5) is 54.3. The minimum atomic E-state index is -0.885. The van der Waals surface area contributed by atoms with Crippen LogP contribution in [0, 0.1) is 16.7 Å². The van der Waals surface area contributed by atoms with Gasteiger partial charge in [-0.1, -0.05) is 51.4 Å². The maximum absolute atomic E-state index is 13.8. The number of halogens is 1. The zero-order valence-electron chi connectivity index (χ0n) is 21.2. The van der Waals surface area contributed by atoms with Crippen molar-refractivity contribution in [2.24, 2.45) is 16.7 Å². The molecule has 2 fully saturated rings. The van der Waals surface area contributed by atoms with Gasteiger partial charge in [0.2, 0.25) is 11.8 Å². The molecule has 1 aliphatic carbocycles. The highest BCUT2D eigenvalue weighted by Gasteiger charge is 2.69. The Morgan fingerprint density at radius 2 is 1.69 bits per heavy atom. The number of carbonyl (C=O) groups is 4. The molecule has 2 aromatic rings. The van der Waals surface area contributed by atoms with Gasteiger partial charge in [-0.15, -0.1) is 0 Å². The second kappa shape index (κ2) is 9.36. The molecule has 1 unspecified atom stereocenters. The van der Waals surface area contributed by atoms with E-state index in [0.717, 1.165) is 10.5 Å². The monoisotopic (exact) mass is 510 g/mol. The fourth-order valence-corrected chi connectivity index (χ4v) is 5.51. The van der Waals surface area contributed by atoms with Gasteiger partial charge < -0.3 is 9.64 Å². The molecule has 3 amide bonds. The van der Waals surface area contributed by atoms with Crippen LogP contribution in [0.3, 0.4) is 0 Å².